The predicted octanol–water partition coefficient (Wildman–Crippen LogP) is 1.29. The number of hydrogen-bond donors (Lipinski definition) is 2. The number of rotatable bonds is 1. The van der Waals surface area contributed by atoms with Crippen molar-refractivity contribution in [3.05, 3.63) is 10.8 Å². The Hall–Kier alpha value is -1.03. The molecule has 3 N–H and O–H groups in total. The van der Waals surface area contributed by atoms with E-state index in [9.17, 15) is 4.79 Å². The van der Waals surface area contributed by atoms with Crippen LogP contribution in [0.15, 0.2) is 10.8 Å². The number of anilines is 2. The maximum Gasteiger partial charge on any atom is 0.221 e. The molecule has 0 spiro atoms. The Balaban J connectivity index is 2.74. The van der Waals surface area contributed by atoms with Gasteiger partial charge in [-0.2, -0.15) is 0 Å². The average molecular weight is 156 g/mol. The van der Waals surface area contributed by atoms with Crippen LogP contribution < -0.4 is 11.1 Å². The summed E-state index contributed by atoms with van der Waals surface area (Å²) in [6.07, 6.45) is 0. The maximum atomic E-state index is 10.5. The lowest BCUT2D eigenvalue weighted by Gasteiger charge is -1.97. The molecule has 0 aliphatic rings. The monoisotopic (exact) mass is 156 g/mol. The van der Waals surface area contributed by atoms with Crippen LogP contribution in [0.4, 0.5) is 11.4 Å². The summed E-state index contributed by atoms with van der Waals surface area (Å²) >= 11 is 1.47. The fraction of sp³-hybridized carbons (Fsp3) is 0.167. The molecule has 1 rings (SSSR count). The number of hydrogen-bond acceptors (Lipinski definition) is 3. The summed E-state index contributed by atoms with van der Waals surface area (Å²) in [5.74, 6) is -0.0925. The van der Waals surface area contributed by atoms with Gasteiger partial charge in [-0.1, -0.05) is 0 Å². The van der Waals surface area contributed by atoms with Crippen molar-refractivity contribution in [2.75, 3.05) is 11.1 Å². The molecule has 0 saturated carbocycles. The van der Waals surface area contributed by atoms with Crippen LogP contribution in [0.3, 0.4) is 0 Å². The van der Waals surface area contributed by atoms with Gasteiger partial charge in [-0.25, -0.2) is 0 Å². The molecule has 1 heterocycles. The van der Waals surface area contributed by atoms with E-state index in [1.807, 2.05) is 0 Å². The lowest BCUT2D eigenvalue weighted by atomic mass is 10.4. The number of nitrogens with one attached hydrogen (secondary N) is 1. The molecule has 0 atom stereocenters. The first-order valence-electron chi connectivity index (χ1n) is 2.79. The van der Waals surface area contributed by atoms with Gasteiger partial charge in [-0.3, -0.25) is 4.79 Å². The van der Waals surface area contributed by atoms with Gasteiger partial charge >= 0.3 is 0 Å². The highest BCUT2D eigenvalue weighted by atomic mass is 32.1. The summed E-state index contributed by atoms with van der Waals surface area (Å²) in [7, 11) is 0. The highest BCUT2D eigenvalue weighted by Crippen LogP contribution is 2.22. The molecule has 3 nitrogen and oxygen atoms in total. The smallest absolute Gasteiger partial charge is 0.221 e. The highest BCUT2D eigenvalue weighted by Gasteiger charge is 1.99. The Labute approximate surface area is 62.9 Å². The van der Waals surface area contributed by atoms with Crippen molar-refractivity contribution in [3.63, 3.8) is 0 Å². The highest BCUT2D eigenvalue weighted by molar-refractivity contribution is 7.08. The van der Waals surface area contributed by atoms with Crippen molar-refractivity contribution >= 4 is 28.6 Å². The van der Waals surface area contributed by atoms with Crippen LogP contribution in [-0.4, -0.2) is 5.91 Å². The summed E-state index contributed by atoms with van der Waals surface area (Å²) < 4.78 is 0. The molecule has 1 aromatic rings. The number of amides is 1. The van der Waals surface area contributed by atoms with Crippen LogP contribution in [0, 0.1) is 0 Å². The predicted molar refractivity (Wildman–Crippen MR) is 43.0 cm³/mol. The normalized spacial score (nSPS) is 9.30. The Morgan fingerprint density at radius 3 is 2.80 bits per heavy atom. The summed E-state index contributed by atoms with van der Waals surface area (Å²) in [6, 6.07) is 0. The Kier molecular flexibility index (Phi) is 1.91. The fourth-order valence-corrected chi connectivity index (χ4v) is 1.27. The van der Waals surface area contributed by atoms with Gasteiger partial charge in [-0.15, -0.1) is 11.3 Å². The average Bonchev–Trinajstić information content (AvgIpc) is 2.15. The minimum Gasteiger partial charge on any atom is -0.396 e. The minimum absolute atomic E-state index is 0.0925. The van der Waals surface area contributed by atoms with E-state index < -0.39 is 0 Å². The zero-order valence-corrected chi connectivity index (χ0v) is 6.37. The topological polar surface area (TPSA) is 55.1 Å². The van der Waals surface area contributed by atoms with E-state index >= 15 is 0 Å². The van der Waals surface area contributed by atoms with Crippen molar-refractivity contribution in [3.8, 4) is 0 Å². The van der Waals surface area contributed by atoms with Crippen LogP contribution in [-0.2, 0) is 4.79 Å². The third kappa shape index (κ3) is 1.48. The molecule has 0 fully saturated rings. The zero-order valence-electron chi connectivity index (χ0n) is 5.55. The molecule has 54 valence electrons. The Morgan fingerprint density at radius 1 is 1.70 bits per heavy atom. The molecule has 0 unspecified atom stereocenters. The lowest BCUT2D eigenvalue weighted by Crippen LogP contribution is -2.06. The van der Waals surface area contributed by atoms with Crippen molar-refractivity contribution in [1.29, 1.82) is 0 Å². The van der Waals surface area contributed by atoms with E-state index in [0.29, 0.717) is 11.4 Å². The van der Waals surface area contributed by atoms with Gasteiger partial charge in [0.25, 0.3) is 0 Å². The van der Waals surface area contributed by atoms with Crippen LogP contribution in [0.1, 0.15) is 6.92 Å². The van der Waals surface area contributed by atoms with Gasteiger partial charge < -0.3 is 11.1 Å². The summed E-state index contributed by atoms with van der Waals surface area (Å²) in [4.78, 5) is 10.5. The van der Waals surface area contributed by atoms with Crippen LogP contribution in [0.25, 0.3) is 0 Å². The Bertz CT molecular complexity index is 244. The lowest BCUT2D eigenvalue weighted by molar-refractivity contribution is -0.114. The maximum absolute atomic E-state index is 10.5. The van der Waals surface area contributed by atoms with E-state index in [1.165, 1.54) is 18.3 Å². The molecular weight excluding hydrogens is 148 g/mol. The summed E-state index contributed by atoms with van der Waals surface area (Å²) in [5.41, 5.74) is 6.82. The minimum atomic E-state index is -0.0925. The van der Waals surface area contributed by atoms with Crippen LogP contribution in [0.5, 0.6) is 0 Å². The number of nitrogen functional groups attached to an aromatic ring is 1. The van der Waals surface area contributed by atoms with E-state index in [2.05, 4.69) is 5.32 Å². The molecule has 0 aliphatic heterocycles. The summed E-state index contributed by atoms with van der Waals surface area (Å²) in [5, 5.41) is 6.18. The van der Waals surface area contributed by atoms with Crippen LogP contribution >= 0.6 is 11.3 Å². The Morgan fingerprint density at radius 2 is 2.40 bits per heavy atom. The van der Waals surface area contributed by atoms with Crippen molar-refractivity contribution in [1.82, 2.24) is 0 Å². The van der Waals surface area contributed by atoms with E-state index in [0.717, 1.165) is 0 Å². The second-order valence-electron chi connectivity index (χ2n) is 1.92. The quantitative estimate of drug-likeness (QED) is 0.643. The molecule has 10 heavy (non-hydrogen) atoms. The zero-order chi connectivity index (χ0) is 7.56. The van der Waals surface area contributed by atoms with Crippen molar-refractivity contribution in [2.24, 2.45) is 0 Å². The van der Waals surface area contributed by atoms with E-state index in [-0.39, 0.29) is 5.91 Å². The molecule has 0 aromatic carbocycles. The SMILES string of the molecule is CC(=O)Nc1cscc1N. The fourth-order valence-electron chi connectivity index (χ4n) is 0.598. The van der Waals surface area contributed by atoms with Gasteiger partial charge in [0.05, 0.1) is 11.4 Å². The van der Waals surface area contributed by atoms with Crippen molar-refractivity contribution < 1.29 is 4.79 Å². The molecule has 1 amide bonds. The standard InChI is InChI=1S/C6H8N2OS/c1-4(9)8-6-3-10-2-5(6)7/h2-3H,7H2,1H3,(H,8,9). The van der Waals surface area contributed by atoms with E-state index in [4.69, 9.17) is 5.73 Å². The number of thiophene rings is 1. The molecule has 0 radical (unpaired) electrons. The molecule has 0 bridgehead atoms. The molecular formula is C6H8N2OS. The van der Waals surface area contributed by atoms with Crippen LogP contribution in [0.2, 0.25) is 0 Å². The second-order valence-corrected chi connectivity index (χ2v) is 2.67. The molecule has 1 aromatic heterocycles. The third-order valence-corrected chi connectivity index (χ3v) is 1.76. The largest absolute Gasteiger partial charge is 0.396 e. The van der Waals surface area contributed by atoms with Gasteiger partial charge in [0.2, 0.25) is 5.91 Å². The van der Waals surface area contributed by atoms with Gasteiger partial charge in [-0.05, 0) is 0 Å². The number of carbonyl (C=O) groups is 1. The first-order chi connectivity index (χ1) is 4.70. The van der Waals surface area contributed by atoms with Gasteiger partial charge in [0.1, 0.15) is 0 Å². The van der Waals surface area contributed by atoms with Crippen molar-refractivity contribution in [2.45, 2.75) is 6.92 Å². The summed E-state index contributed by atoms with van der Waals surface area (Å²) in [6.45, 7) is 1.46. The third-order valence-electron chi connectivity index (χ3n) is 1.00. The van der Waals surface area contributed by atoms with Gasteiger partial charge in [0, 0.05) is 17.7 Å². The number of nitrogens with two attached hydrogens (primary N) is 1. The molecule has 0 aliphatic carbocycles. The molecule has 0 saturated heterocycles. The van der Waals surface area contributed by atoms with E-state index in [1.54, 1.807) is 10.8 Å². The van der Waals surface area contributed by atoms with Gasteiger partial charge in [0.15, 0.2) is 0 Å². The first kappa shape index (κ1) is 7.08. The first-order valence-corrected chi connectivity index (χ1v) is 3.73. The molecule has 4 heteroatoms. The number of carbonyl (C=O) groups excluding carboxylic acids is 1. The second kappa shape index (κ2) is 2.70.